The van der Waals surface area contributed by atoms with Crippen molar-refractivity contribution in [2.75, 3.05) is 33.2 Å². The Morgan fingerprint density at radius 3 is 2.07 bits per heavy atom. The molecule has 7 nitrogen and oxygen atoms in total. The number of hydrogen-bond acceptors (Lipinski definition) is 4. The molecule has 156 valence electrons. The van der Waals surface area contributed by atoms with Crippen molar-refractivity contribution in [1.29, 1.82) is 0 Å². The van der Waals surface area contributed by atoms with Crippen LogP contribution in [0.5, 0.6) is 0 Å². The second kappa shape index (κ2) is 9.04. The maximum absolute atomic E-state index is 12.9. The van der Waals surface area contributed by atoms with Crippen LogP contribution in [-0.4, -0.2) is 69.0 Å². The number of rotatable bonds is 6. The minimum atomic E-state index is -3.57. The molecule has 9 heteroatoms. The van der Waals surface area contributed by atoms with Gasteiger partial charge in [-0.05, 0) is 24.5 Å². The van der Waals surface area contributed by atoms with Gasteiger partial charge in [-0.1, -0.05) is 49.6 Å². The molecule has 1 aromatic carbocycles. The summed E-state index contributed by atoms with van der Waals surface area (Å²) in [5.41, 5.74) is 0.807. The molecule has 1 saturated carbocycles. The molecule has 0 bridgehead atoms. The Morgan fingerprint density at radius 2 is 1.46 bits per heavy atom. The predicted molar refractivity (Wildman–Crippen MR) is 111 cm³/mol. The summed E-state index contributed by atoms with van der Waals surface area (Å²) in [5, 5.41) is 1.20. The third-order valence-corrected chi connectivity index (χ3v) is 9.18. The van der Waals surface area contributed by atoms with E-state index in [9.17, 15) is 16.8 Å². The molecular weight excluding hydrogens is 398 g/mol. The Hall–Kier alpha value is -1.26. The third-order valence-electron chi connectivity index (χ3n) is 5.57. The molecule has 0 atom stereocenters. The van der Waals surface area contributed by atoms with Crippen LogP contribution in [0, 0.1) is 0 Å². The number of hydrogen-bond donors (Lipinski definition) is 0. The fourth-order valence-electron chi connectivity index (χ4n) is 3.78. The summed E-state index contributed by atoms with van der Waals surface area (Å²) in [6.45, 7) is 0.688. The molecule has 1 aliphatic carbocycles. The maximum Gasteiger partial charge on any atom is 0.282 e. The molecule has 0 spiro atoms. The molecule has 0 radical (unpaired) electrons. The third kappa shape index (κ3) is 5.01. The first-order valence-electron chi connectivity index (χ1n) is 9.77. The predicted octanol–water partition coefficient (Wildman–Crippen LogP) is 2.11. The summed E-state index contributed by atoms with van der Waals surface area (Å²) in [7, 11) is -5.48. The molecule has 1 heterocycles. The zero-order chi connectivity index (χ0) is 20.2. The van der Waals surface area contributed by atoms with E-state index in [0.29, 0.717) is 0 Å². The monoisotopic (exact) mass is 427 g/mol. The van der Waals surface area contributed by atoms with Crippen molar-refractivity contribution in [3.8, 4) is 0 Å². The van der Waals surface area contributed by atoms with Gasteiger partial charge in [0.15, 0.2) is 0 Å². The van der Waals surface area contributed by atoms with Gasteiger partial charge in [-0.3, -0.25) is 0 Å². The molecule has 0 unspecified atom stereocenters. The lowest BCUT2D eigenvalue weighted by Crippen LogP contribution is -2.54. The van der Waals surface area contributed by atoms with Gasteiger partial charge in [-0.25, -0.2) is 8.42 Å². The van der Waals surface area contributed by atoms with Crippen LogP contribution in [0.4, 0.5) is 0 Å². The van der Waals surface area contributed by atoms with Gasteiger partial charge in [0.2, 0.25) is 10.0 Å². The van der Waals surface area contributed by atoms with Gasteiger partial charge in [0.25, 0.3) is 10.2 Å². The Kier molecular flexibility index (Phi) is 6.93. The highest BCUT2D eigenvalue weighted by Crippen LogP contribution is 2.25. The lowest BCUT2D eigenvalue weighted by atomic mass is 9.96. The van der Waals surface area contributed by atoms with Crippen LogP contribution < -0.4 is 0 Å². The van der Waals surface area contributed by atoms with E-state index in [-0.39, 0.29) is 32.2 Å². The first-order chi connectivity index (χ1) is 13.3. The van der Waals surface area contributed by atoms with Gasteiger partial charge in [0.05, 0.1) is 0 Å². The second-order valence-corrected chi connectivity index (χ2v) is 11.2. The highest BCUT2D eigenvalue weighted by molar-refractivity contribution is 7.92. The molecule has 1 aromatic rings. The van der Waals surface area contributed by atoms with Crippen molar-refractivity contribution < 1.29 is 16.8 Å². The van der Waals surface area contributed by atoms with E-state index in [1.807, 2.05) is 30.3 Å². The lowest BCUT2D eigenvalue weighted by molar-refractivity contribution is 0.232. The van der Waals surface area contributed by atoms with Crippen LogP contribution in [-0.2, 0) is 20.2 Å². The second-order valence-electron chi connectivity index (χ2n) is 7.37. The zero-order valence-electron chi connectivity index (χ0n) is 16.3. The summed E-state index contributed by atoms with van der Waals surface area (Å²) in [5.74, 6) is 0. The average Bonchev–Trinajstić information content (AvgIpc) is 2.73. The molecule has 28 heavy (non-hydrogen) atoms. The van der Waals surface area contributed by atoms with Gasteiger partial charge < -0.3 is 0 Å². The Labute approximate surface area is 168 Å². The molecule has 3 rings (SSSR count). The maximum atomic E-state index is 12.9. The number of nitrogens with zero attached hydrogens (tertiary/aromatic N) is 3. The van der Waals surface area contributed by atoms with Gasteiger partial charge in [-0.15, -0.1) is 0 Å². The topological polar surface area (TPSA) is 78.0 Å². The van der Waals surface area contributed by atoms with Crippen molar-refractivity contribution in [2.45, 2.75) is 38.1 Å². The minimum absolute atomic E-state index is 0.0503. The molecule has 2 fully saturated rings. The van der Waals surface area contributed by atoms with Crippen LogP contribution in [0.15, 0.2) is 35.7 Å². The largest absolute Gasteiger partial charge is 0.282 e. The van der Waals surface area contributed by atoms with Gasteiger partial charge in [-0.2, -0.15) is 21.3 Å². The van der Waals surface area contributed by atoms with Crippen molar-refractivity contribution >= 4 is 26.3 Å². The van der Waals surface area contributed by atoms with E-state index >= 15 is 0 Å². The standard InChI is InChI=1S/C19H29N3O4S2/c1-20(19-10-6-3-7-11-19)28(25,26)22-15-13-21(14-16-22)27(23,24)17-12-18-8-4-2-5-9-18/h2,4-5,8-9,12,17,19H,3,6-7,10-11,13-16H2,1H3/b17-12+. The summed E-state index contributed by atoms with van der Waals surface area (Å²) in [6, 6.07) is 9.28. The summed E-state index contributed by atoms with van der Waals surface area (Å²) < 4.78 is 55.2. The summed E-state index contributed by atoms with van der Waals surface area (Å²) in [4.78, 5) is 0. The van der Waals surface area contributed by atoms with E-state index in [0.717, 1.165) is 37.7 Å². The molecular formula is C19H29N3O4S2. The average molecular weight is 428 g/mol. The smallest absolute Gasteiger partial charge is 0.208 e. The van der Waals surface area contributed by atoms with Crippen LogP contribution >= 0.6 is 0 Å². The summed E-state index contributed by atoms with van der Waals surface area (Å²) in [6.07, 6.45) is 6.64. The van der Waals surface area contributed by atoms with Crippen molar-refractivity contribution in [1.82, 2.24) is 12.9 Å². The van der Waals surface area contributed by atoms with Crippen LogP contribution in [0.3, 0.4) is 0 Å². The first-order valence-corrected chi connectivity index (χ1v) is 12.7. The first kappa shape index (κ1) is 21.4. The Balaban J connectivity index is 1.60. The fourth-order valence-corrected chi connectivity index (χ4v) is 6.53. The van der Waals surface area contributed by atoms with Crippen molar-refractivity contribution in [3.63, 3.8) is 0 Å². The molecule has 0 amide bonds. The van der Waals surface area contributed by atoms with Crippen LogP contribution in [0.25, 0.3) is 6.08 Å². The fraction of sp³-hybridized carbons (Fsp3) is 0.579. The van der Waals surface area contributed by atoms with Gasteiger partial charge >= 0.3 is 0 Å². The SMILES string of the molecule is CN(C1CCCCC1)S(=O)(=O)N1CCN(S(=O)(=O)/C=C/c2ccccc2)CC1. The van der Waals surface area contributed by atoms with Crippen molar-refractivity contribution in [2.24, 2.45) is 0 Å². The van der Waals surface area contributed by atoms with E-state index < -0.39 is 20.2 Å². The highest BCUT2D eigenvalue weighted by Gasteiger charge is 2.36. The summed E-state index contributed by atoms with van der Waals surface area (Å²) >= 11 is 0. The number of piperazine rings is 1. The Bertz CT molecular complexity index is 871. The quantitative estimate of drug-likeness (QED) is 0.697. The highest BCUT2D eigenvalue weighted by atomic mass is 32.2. The van der Waals surface area contributed by atoms with Crippen LogP contribution in [0.2, 0.25) is 0 Å². The number of benzene rings is 1. The van der Waals surface area contributed by atoms with Crippen LogP contribution in [0.1, 0.15) is 37.7 Å². The number of sulfonamides is 1. The zero-order valence-corrected chi connectivity index (χ0v) is 17.9. The Morgan fingerprint density at radius 1 is 0.893 bits per heavy atom. The normalized spacial score (nSPS) is 21.5. The van der Waals surface area contributed by atoms with E-state index in [4.69, 9.17) is 0 Å². The molecule has 1 saturated heterocycles. The molecule has 0 aromatic heterocycles. The molecule has 0 N–H and O–H groups in total. The minimum Gasteiger partial charge on any atom is -0.208 e. The van der Waals surface area contributed by atoms with E-state index in [1.54, 1.807) is 13.1 Å². The molecule has 2 aliphatic rings. The van der Waals surface area contributed by atoms with E-state index in [2.05, 4.69) is 0 Å². The van der Waals surface area contributed by atoms with Gasteiger partial charge in [0.1, 0.15) is 0 Å². The van der Waals surface area contributed by atoms with Gasteiger partial charge in [0, 0.05) is 44.7 Å². The van der Waals surface area contributed by atoms with E-state index in [1.165, 1.54) is 18.3 Å². The molecule has 1 aliphatic heterocycles. The lowest BCUT2D eigenvalue weighted by Gasteiger charge is -2.38. The van der Waals surface area contributed by atoms with Crippen molar-refractivity contribution in [3.05, 3.63) is 41.3 Å².